The normalized spacial score (nSPS) is 55.8. The van der Waals surface area contributed by atoms with Gasteiger partial charge in [-0.05, 0) is 84.4 Å². The Kier molecular flexibility index (Phi) is 10.1. The van der Waals surface area contributed by atoms with Gasteiger partial charge in [0.15, 0.2) is 12.6 Å². The predicted molar refractivity (Wildman–Crippen MR) is 197 cm³/mol. The summed E-state index contributed by atoms with van der Waals surface area (Å²) >= 11 is 0. The summed E-state index contributed by atoms with van der Waals surface area (Å²) < 4.78 is 30.4. The highest BCUT2D eigenvalue weighted by Crippen LogP contribution is 2.76. The molecular formula is C42H66O14. The Morgan fingerprint density at radius 1 is 0.732 bits per heavy atom. The fourth-order valence-corrected chi connectivity index (χ4v) is 14.1. The van der Waals surface area contributed by atoms with Crippen LogP contribution in [0, 0.1) is 50.2 Å². The van der Waals surface area contributed by atoms with Crippen molar-refractivity contribution in [1.82, 2.24) is 0 Å². The number of carbonyl (C=O) groups excluding carboxylic acids is 1. The number of carbonyl (C=O) groups is 1. The van der Waals surface area contributed by atoms with Crippen molar-refractivity contribution < 1.29 is 69.3 Å². The molecule has 1 spiro atoms. The molecule has 4 saturated carbocycles. The second kappa shape index (κ2) is 13.6. The molecule has 3 aliphatic heterocycles. The van der Waals surface area contributed by atoms with Crippen molar-refractivity contribution in [2.24, 2.45) is 50.2 Å². The second-order valence-electron chi connectivity index (χ2n) is 20.9. The molecule has 0 aromatic heterocycles. The molecule has 0 amide bonds. The summed E-state index contributed by atoms with van der Waals surface area (Å²) in [6, 6.07) is 0. The van der Waals surface area contributed by atoms with Gasteiger partial charge < -0.3 is 64.5 Å². The molecular weight excluding hydrogens is 728 g/mol. The van der Waals surface area contributed by atoms with Gasteiger partial charge in [-0.15, -0.1) is 0 Å². The van der Waals surface area contributed by atoms with E-state index in [9.17, 15) is 45.6 Å². The van der Waals surface area contributed by atoms with Crippen LogP contribution in [0.5, 0.6) is 0 Å². The number of esters is 1. The SMILES string of the molecule is CC1(C)C[C@H]2C3=CCC4[C@@]5(C)CC[C@H](O[C@@H]6O[C@H](CO)[C@@H](O)[C@H](O)[C@H]6O[C@@H]6O[C@H](CO)[C@@H](O)[C@H](O)[C@H]6O)C(C)(C)C5CC[C@@]4(C)[C@]3(C)C[C@@H](O)[C@@]23C[C@@H]1OC3=O. The number of allylic oxidation sites excluding steroid dienone is 2. The molecule has 14 nitrogen and oxygen atoms in total. The molecule has 0 aromatic carbocycles. The molecule has 14 heteroatoms. The monoisotopic (exact) mass is 794 g/mol. The first-order valence-corrected chi connectivity index (χ1v) is 21.0. The van der Waals surface area contributed by atoms with Crippen LogP contribution < -0.4 is 0 Å². The summed E-state index contributed by atoms with van der Waals surface area (Å²) in [4.78, 5) is 13.7. The van der Waals surface area contributed by atoms with Crippen LogP contribution in [0.15, 0.2) is 11.6 Å². The minimum atomic E-state index is -1.76. The van der Waals surface area contributed by atoms with E-state index in [2.05, 4.69) is 54.5 Å². The molecule has 0 radical (unpaired) electrons. The Morgan fingerprint density at radius 3 is 2.04 bits per heavy atom. The number of aliphatic hydroxyl groups is 8. The standard InChI is InChI=1S/C42H66O14/c1-37(2)14-20-19-8-9-24-39(5)12-11-26(38(3,4)23(39)10-13-40(24,6)41(19,7)15-25(45)42(20)16-27(37)55-36(42)51)54-35-33(31(49)29(47)22(18-44)53-35)56-34-32(50)30(48)28(46)21(17-43)52-34/h8,20-35,43-50H,9-18H2,1-7H3/t20-,21+,22+,23?,24?,25+,26-,27-,28+,29+,30-,31-,32+,33+,34-,35-,39-,40+,41+,42+/m0/s1. The third-order valence-corrected chi connectivity index (χ3v) is 17.7. The Balaban J connectivity index is 1.06. The van der Waals surface area contributed by atoms with Crippen molar-refractivity contribution in [2.45, 2.75) is 180 Å². The van der Waals surface area contributed by atoms with Gasteiger partial charge >= 0.3 is 5.97 Å². The van der Waals surface area contributed by atoms with Gasteiger partial charge in [-0.2, -0.15) is 0 Å². The molecule has 2 bridgehead atoms. The van der Waals surface area contributed by atoms with Gasteiger partial charge in [-0.3, -0.25) is 4.79 Å². The van der Waals surface area contributed by atoms with E-state index < -0.39 is 97.7 Å². The van der Waals surface area contributed by atoms with Crippen molar-refractivity contribution in [2.75, 3.05) is 13.2 Å². The van der Waals surface area contributed by atoms with Gasteiger partial charge in [0.2, 0.25) is 0 Å². The van der Waals surface area contributed by atoms with E-state index in [0.29, 0.717) is 19.3 Å². The molecule has 5 aliphatic carbocycles. The molecule has 8 rings (SSSR count). The summed E-state index contributed by atoms with van der Waals surface area (Å²) in [5.74, 6) is 0.188. The van der Waals surface area contributed by atoms with E-state index in [4.69, 9.17) is 23.7 Å². The van der Waals surface area contributed by atoms with Gasteiger partial charge in [-0.1, -0.05) is 60.1 Å². The maximum atomic E-state index is 13.7. The van der Waals surface area contributed by atoms with Gasteiger partial charge in [0.25, 0.3) is 0 Å². The number of ether oxygens (including phenoxy) is 5. The molecule has 3 heterocycles. The summed E-state index contributed by atoms with van der Waals surface area (Å²) in [6.45, 7) is 14.7. The molecule has 56 heavy (non-hydrogen) atoms. The average molecular weight is 795 g/mol. The van der Waals surface area contributed by atoms with E-state index in [-0.39, 0.29) is 51.5 Å². The third kappa shape index (κ3) is 5.53. The lowest BCUT2D eigenvalue weighted by Crippen LogP contribution is -2.68. The summed E-state index contributed by atoms with van der Waals surface area (Å²) in [5.41, 5.74) is -0.740. The first-order valence-electron chi connectivity index (χ1n) is 21.0. The first-order chi connectivity index (χ1) is 26.1. The molecule has 7 fully saturated rings. The van der Waals surface area contributed by atoms with Gasteiger partial charge in [0.1, 0.15) is 60.4 Å². The van der Waals surface area contributed by atoms with E-state index in [1.807, 2.05) is 0 Å². The van der Waals surface area contributed by atoms with Crippen molar-refractivity contribution >= 4 is 5.97 Å². The van der Waals surface area contributed by atoms with Crippen LogP contribution in [-0.4, -0.2) is 140 Å². The Bertz CT molecular complexity index is 1570. The Morgan fingerprint density at radius 2 is 1.38 bits per heavy atom. The minimum absolute atomic E-state index is 0.0633. The van der Waals surface area contributed by atoms with Crippen LogP contribution in [0.25, 0.3) is 0 Å². The molecule has 8 N–H and O–H groups in total. The molecule has 318 valence electrons. The van der Waals surface area contributed by atoms with Crippen LogP contribution in [-0.2, 0) is 28.5 Å². The quantitative estimate of drug-likeness (QED) is 0.108. The number of hydrogen-bond acceptors (Lipinski definition) is 14. The lowest BCUT2D eigenvalue weighted by molar-refractivity contribution is -0.378. The number of rotatable bonds is 6. The molecule has 3 saturated heterocycles. The smallest absolute Gasteiger partial charge is 0.315 e. The van der Waals surface area contributed by atoms with Gasteiger partial charge in [0.05, 0.1) is 25.4 Å². The predicted octanol–water partition coefficient (Wildman–Crippen LogP) is 1.30. The average Bonchev–Trinajstić information content (AvgIpc) is 3.46. The van der Waals surface area contributed by atoms with E-state index in [0.717, 1.165) is 32.1 Å². The molecule has 2 unspecified atom stereocenters. The van der Waals surface area contributed by atoms with Crippen LogP contribution in [0.2, 0.25) is 0 Å². The third-order valence-electron chi connectivity index (χ3n) is 17.7. The molecule has 20 atom stereocenters. The topological polar surface area (TPSA) is 225 Å². The highest BCUT2D eigenvalue weighted by Gasteiger charge is 2.74. The molecule has 0 aromatic rings. The highest BCUT2D eigenvalue weighted by molar-refractivity contribution is 5.82. The summed E-state index contributed by atoms with van der Waals surface area (Å²) in [5, 5.41) is 85.5. The fourth-order valence-electron chi connectivity index (χ4n) is 14.1. The van der Waals surface area contributed by atoms with Crippen LogP contribution in [0.1, 0.15) is 99.8 Å². The summed E-state index contributed by atoms with van der Waals surface area (Å²) in [6.07, 6.45) is -8.03. The Hall–Kier alpha value is -1.27. The number of fused-ring (bicyclic) bond motifs is 7. The first kappa shape index (κ1) is 41.5. The zero-order chi connectivity index (χ0) is 40.7. The zero-order valence-electron chi connectivity index (χ0n) is 33.9. The lowest BCUT2D eigenvalue weighted by atomic mass is 9.33. The minimum Gasteiger partial charge on any atom is -0.461 e. The van der Waals surface area contributed by atoms with Gasteiger partial charge in [-0.25, -0.2) is 0 Å². The van der Waals surface area contributed by atoms with Crippen molar-refractivity contribution in [3.8, 4) is 0 Å². The summed E-state index contributed by atoms with van der Waals surface area (Å²) in [7, 11) is 0. The Labute approximate surface area is 329 Å². The van der Waals surface area contributed by atoms with Crippen LogP contribution in [0.3, 0.4) is 0 Å². The number of hydrogen-bond donors (Lipinski definition) is 8. The number of aliphatic hydroxyl groups excluding tert-OH is 8. The zero-order valence-corrected chi connectivity index (χ0v) is 33.9. The van der Waals surface area contributed by atoms with Gasteiger partial charge in [0, 0.05) is 11.8 Å². The lowest BCUT2D eigenvalue weighted by Gasteiger charge is -2.71. The van der Waals surface area contributed by atoms with E-state index in [1.54, 1.807) is 0 Å². The second-order valence-corrected chi connectivity index (χ2v) is 20.9. The largest absolute Gasteiger partial charge is 0.461 e. The van der Waals surface area contributed by atoms with Crippen molar-refractivity contribution in [3.63, 3.8) is 0 Å². The maximum Gasteiger partial charge on any atom is 0.315 e. The van der Waals surface area contributed by atoms with Crippen molar-refractivity contribution in [1.29, 1.82) is 0 Å². The maximum absolute atomic E-state index is 13.7. The molecule has 8 aliphatic rings. The van der Waals surface area contributed by atoms with Crippen LogP contribution >= 0.6 is 0 Å². The fraction of sp³-hybridized carbons (Fsp3) is 0.929. The van der Waals surface area contributed by atoms with Crippen LogP contribution in [0.4, 0.5) is 0 Å². The van der Waals surface area contributed by atoms with Crippen molar-refractivity contribution in [3.05, 3.63) is 11.6 Å². The van der Waals surface area contributed by atoms with E-state index in [1.165, 1.54) is 5.57 Å². The highest BCUT2D eigenvalue weighted by atomic mass is 16.8. The van der Waals surface area contributed by atoms with E-state index >= 15 is 0 Å².